The molecule has 0 unspecified atom stereocenters. The molecule has 2 aromatic rings. The first-order valence-electron chi connectivity index (χ1n) is 7.44. The number of sulfonamides is 1. The zero-order valence-electron chi connectivity index (χ0n) is 13.9. The van der Waals surface area contributed by atoms with Gasteiger partial charge in [0.05, 0.1) is 29.8 Å². The molecule has 0 aliphatic rings. The topological polar surface area (TPSA) is 88.8 Å². The maximum atomic E-state index is 12.3. The standard InChI is InChI=1S/C16H19ClN2O5S/c1-12(20)19(11-13-4-3-9-24-13)8-7-18-25(21,22)14-5-6-16(23-2)15(17)10-14/h3-6,9-10,18H,7-8,11H2,1-2H3. The molecular formula is C16H19ClN2O5S. The number of carbonyl (C=O) groups is 1. The molecule has 7 nitrogen and oxygen atoms in total. The van der Waals surface area contributed by atoms with Crippen LogP contribution in [0, 0.1) is 0 Å². The number of ether oxygens (including phenoxy) is 1. The highest BCUT2D eigenvalue weighted by atomic mass is 35.5. The van der Waals surface area contributed by atoms with Gasteiger partial charge >= 0.3 is 0 Å². The smallest absolute Gasteiger partial charge is 0.240 e. The minimum Gasteiger partial charge on any atom is -0.495 e. The largest absolute Gasteiger partial charge is 0.495 e. The first kappa shape index (κ1) is 19.3. The number of hydrogen-bond donors (Lipinski definition) is 1. The molecule has 0 radical (unpaired) electrons. The molecule has 0 saturated carbocycles. The van der Waals surface area contributed by atoms with Crippen molar-refractivity contribution in [1.82, 2.24) is 9.62 Å². The highest BCUT2D eigenvalue weighted by molar-refractivity contribution is 7.89. The van der Waals surface area contributed by atoms with Crippen LogP contribution in [0.1, 0.15) is 12.7 Å². The normalized spacial score (nSPS) is 11.3. The SMILES string of the molecule is COc1ccc(S(=O)(=O)NCCN(Cc2ccco2)C(C)=O)cc1Cl. The zero-order chi connectivity index (χ0) is 18.4. The third kappa shape index (κ3) is 5.22. The molecule has 1 heterocycles. The second-order valence-electron chi connectivity index (χ2n) is 5.21. The Hall–Kier alpha value is -2.03. The molecule has 2 rings (SSSR count). The molecule has 1 aromatic carbocycles. The van der Waals surface area contributed by atoms with E-state index in [1.54, 1.807) is 12.1 Å². The van der Waals surface area contributed by atoms with Gasteiger partial charge in [-0.05, 0) is 30.3 Å². The van der Waals surface area contributed by atoms with E-state index in [1.165, 1.54) is 43.4 Å². The van der Waals surface area contributed by atoms with Gasteiger partial charge in [0.15, 0.2) is 0 Å². The highest BCUT2D eigenvalue weighted by Gasteiger charge is 2.17. The summed E-state index contributed by atoms with van der Waals surface area (Å²) in [5, 5.41) is 0.202. The van der Waals surface area contributed by atoms with Gasteiger partial charge in [0.1, 0.15) is 11.5 Å². The summed E-state index contributed by atoms with van der Waals surface area (Å²) in [6.45, 7) is 1.96. The predicted octanol–water partition coefficient (Wildman–Crippen LogP) is 2.27. The fourth-order valence-electron chi connectivity index (χ4n) is 2.15. The van der Waals surface area contributed by atoms with Crippen LogP contribution in [-0.4, -0.2) is 39.4 Å². The van der Waals surface area contributed by atoms with Gasteiger partial charge in [-0.25, -0.2) is 13.1 Å². The minimum absolute atomic E-state index is 0.0266. The van der Waals surface area contributed by atoms with Crippen LogP contribution in [0.3, 0.4) is 0 Å². The fourth-order valence-corrected chi connectivity index (χ4v) is 3.52. The van der Waals surface area contributed by atoms with Crippen molar-refractivity contribution in [3.8, 4) is 5.75 Å². The molecule has 9 heteroatoms. The number of carbonyl (C=O) groups excluding carboxylic acids is 1. The number of methoxy groups -OCH3 is 1. The van der Waals surface area contributed by atoms with E-state index in [4.69, 9.17) is 20.8 Å². The maximum absolute atomic E-state index is 12.3. The number of nitrogens with zero attached hydrogens (tertiary/aromatic N) is 1. The number of amides is 1. The lowest BCUT2D eigenvalue weighted by Crippen LogP contribution is -2.37. The van der Waals surface area contributed by atoms with Gasteiger partial charge in [0, 0.05) is 20.0 Å². The average Bonchev–Trinajstić information content (AvgIpc) is 3.06. The summed E-state index contributed by atoms with van der Waals surface area (Å²) in [6, 6.07) is 7.67. The molecule has 25 heavy (non-hydrogen) atoms. The predicted molar refractivity (Wildman–Crippen MR) is 93.0 cm³/mol. The number of halogens is 1. The van der Waals surface area contributed by atoms with Crippen molar-refractivity contribution in [3.05, 3.63) is 47.4 Å². The Morgan fingerprint density at radius 2 is 2.12 bits per heavy atom. The molecule has 0 saturated heterocycles. The third-order valence-electron chi connectivity index (χ3n) is 3.48. The Balaban J connectivity index is 1.98. The number of furan rings is 1. The van der Waals surface area contributed by atoms with E-state index >= 15 is 0 Å². The molecule has 0 aliphatic carbocycles. The van der Waals surface area contributed by atoms with E-state index < -0.39 is 10.0 Å². The first-order valence-corrected chi connectivity index (χ1v) is 9.30. The lowest BCUT2D eigenvalue weighted by Gasteiger charge is -2.20. The van der Waals surface area contributed by atoms with E-state index in [-0.39, 0.29) is 35.5 Å². The zero-order valence-corrected chi connectivity index (χ0v) is 15.4. The maximum Gasteiger partial charge on any atom is 0.240 e. The van der Waals surface area contributed by atoms with Crippen LogP contribution >= 0.6 is 11.6 Å². The van der Waals surface area contributed by atoms with E-state index in [9.17, 15) is 13.2 Å². The van der Waals surface area contributed by atoms with Crippen LogP contribution in [0.5, 0.6) is 5.75 Å². The van der Waals surface area contributed by atoms with Crippen LogP contribution in [0.4, 0.5) is 0 Å². The quantitative estimate of drug-likeness (QED) is 0.751. The molecule has 1 aromatic heterocycles. The molecule has 0 bridgehead atoms. The minimum atomic E-state index is -3.74. The highest BCUT2D eigenvalue weighted by Crippen LogP contribution is 2.26. The number of benzene rings is 1. The second-order valence-corrected chi connectivity index (χ2v) is 7.39. The number of nitrogens with one attached hydrogen (secondary N) is 1. The van der Waals surface area contributed by atoms with Gasteiger partial charge in [-0.3, -0.25) is 4.79 Å². The van der Waals surface area contributed by atoms with Gasteiger partial charge < -0.3 is 14.1 Å². The van der Waals surface area contributed by atoms with E-state index in [1.807, 2.05) is 0 Å². The summed E-state index contributed by atoms with van der Waals surface area (Å²) in [4.78, 5) is 13.2. The summed E-state index contributed by atoms with van der Waals surface area (Å²) in [5.41, 5.74) is 0. The van der Waals surface area contributed by atoms with Crippen molar-refractivity contribution in [3.63, 3.8) is 0 Å². The summed E-state index contributed by atoms with van der Waals surface area (Å²) >= 11 is 5.96. The molecular weight excluding hydrogens is 368 g/mol. The summed E-state index contributed by atoms with van der Waals surface area (Å²) in [6.07, 6.45) is 1.52. The van der Waals surface area contributed by atoms with Crippen molar-refractivity contribution < 1.29 is 22.4 Å². The average molecular weight is 387 g/mol. The van der Waals surface area contributed by atoms with Crippen LogP contribution in [0.25, 0.3) is 0 Å². The van der Waals surface area contributed by atoms with Crippen LogP contribution < -0.4 is 9.46 Å². The van der Waals surface area contributed by atoms with Gasteiger partial charge in [0.25, 0.3) is 0 Å². The van der Waals surface area contributed by atoms with E-state index in [0.29, 0.717) is 11.5 Å². The molecule has 1 amide bonds. The van der Waals surface area contributed by atoms with Gasteiger partial charge in [-0.2, -0.15) is 0 Å². The van der Waals surface area contributed by atoms with Crippen LogP contribution in [0.15, 0.2) is 45.9 Å². The van der Waals surface area contributed by atoms with Gasteiger partial charge in [0.2, 0.25) is 15.9 Å². The van der Waals surface area contributed by atoms with Crippen molar-refractivity contribution in [2.75, 3.05) is 20.2 Å². The molecule has 1 N–H and O–H groups in total. The molecule has 0 atom stereocenters. The summed E-state index contributed by atoms with van der Waals surface area (Å²) in [7, 11) is -2.30. The second kappa shape index (κ2) is 8.37. The lowest BCUT2D eigenvalue weighted by atomic mass is 10.3. The van der Waals surface area contributed by atoms with Crippen molar-refractivity contribution in [1.29, 1.82) is 0 Å². The Morgan fingerprint density at radius 1 is 1.36 bits per heavy atom. The Kier molecular flexibility index (Phi) is 6.46. The molecule has 136 valence electrons. The summed E-state index contributed by atoms with van der Waals surface area (Å²) < 4.78 is 37.3. The molecule has 0 aliphatic heterocycles. The third-order valence-corrected chi connectivity index (χ3v) is 5.23. The van der Waals surface area contributed by atoms with Crippen molar-refractivity contribution in [2.24, 2.45) is 0 Å². The lowest BCUT2D eigenvalue weighted by molar-refractivity contribution is -0.129. The van der Waals surface area contributed by atoms with Crippen LogP contribution in [0.2, 0.25) is 5.02 Å². The van der Waals surface area contributed by atoms with E-state index in [0.717, 1.165) is 0 Å². The molecule has 0 fully saturated rings. The fraction of sp³-hybridized carbons (Fsp3) is 0.312. The monoisotopic (exact) mass is 386 g/mol. The Bertz CT molecular complexity index is 821. The first-order chi connectivity index (χ1) is 11.8. The Labute approximate surface area is 151 Å². The van der Waals surface area contributed by atoms with Crippen molar-refractivity contribution in [2.45, 2.75) is 18.4 Å². The number of hydrogen-bond acceptors (Lipinski definition) is 5. The Morgan fingerprint density at radius 3 is 2.68 bits per heavy atom. The van der Waals surface area contributed by atoms with Gasteiger partial charge in [-0.15, -0.1) is 0 Å². The number of rotatable bonds is 8. The van der Waals surface area contributed by atoms with E-state index in [2.05, 4.69) is 4.72 Å². The van der Waals surface area contributed by atoms with Crippen molar-refractivity contribution >= 4 is 27.5 Å². The molecule has 0 spiro atoms. The summed E-state index contributed by atoms with van der Waals surface area (Å²) in [5.74, 6) is 0.838. The van der Waals surface area contributed by atoms with Gasteiger partial charge in [-0.1, -0.05) is 11.6 Å². The van der Waals surface area contributed by atoms with Crippen LogP contribution in [-0.2, 0) is 21.4 Å².